The van der Waals surface area contributed by atoms with Gasteiger partial charge in [0, 0.05) is 31.7 Å². The summed E-state index contributed by atoms with van der Waals surface area (Å²) in [5, 5.41) is 6.95. The molecule has 0 atom stereocenters. The molecule has 4 nitrogen and oxygen atoms in total. The molecule has 1 heterocycles. The van der Waals surface area contributed by atoms with Gasteiger partial charge >= 0.3 is 0 Å². The molecule has 0 saturated carbocycles. The monoisotopic (exact) mass is 274 g/mol. The topological polar surface area (TPSA) is 41.9 Å². The van der Waals surface area contributed by atoms with E-state index in [1.165, 1.54) is 5.52 Å². The van der Waals surface area contributed by atoms with Crippen LogP contribution in [-0.4, -0.2) is 34.7 Å². The van der Waals surface area contributed by atoms with E-state index in [1.54, 1.807) is 0 Å². The van der Waals surface area contributed by atoms with Crippen LogP contribution >= 0.6 is 0 Å². The van der Waals surface area contributed by atoms with Crippen molar-refractivity contribution in [2.24, 2.45) is 0 Å². The van der Waals surface area contributed by atoms with Crippen molar-refractivity contribution in [1.29, 1.82) is 0 Å². The molecule has 0 saturated heterocycles. The second-order valence-electron chi connectivity index (χ2n) is 6.23. The number of benzene rings is 1. The summed E-state index contributed by atoms with van der Waals surface area (Å²) in [6.45, 7) is 12.5. The van der Waals surface area contributed by atoms with Crippen molar-refractivity contribution in [3.05, 3.63) is 30.1 Å². The highest BCUT2D eigenvalue weighted by Gasteiger charge is 2.07. The van der Waals surface area contributed by atoms with E-state index < -0.39 is 0 Å². The van der Waals surface area contributed by atoms with Gasteiger partial charge in [0.05, 0.1) is 11.0 Å². The van der Waals surface area contributed by atoms with E-state index in [2.05, 4.69) is 66.1 Å². The van der Waals surface area contributed by atoms with Crippen LogP contribution in [0.4, 0.5) is 0 Å². The van der Waals surface area contributed by atoms with Crippen LogP contribution in [0.1, 0.15) is 26.6 Å². The molecule has 1 aromatic heterocycles. The zero-order valence-electron chi connectivity index (χ0n) is 13.0. The summed E-state index contributed by atoms with van der Waals surface area (Å²) >= 11 is 0. The average molecular weight is 274 g/mol. The number of aryl methyl sites for hydroxylation is 1. The lowest BCUT2D eigenvalue weighted by molar-refractivity contribution is 0.420. The lowest BCUT2D eigenvalue weighted by Crippen LogP contribution is -2.40. The summed E-state index contributed by atoms with van der Waals surface area (Å²) in [6.07, 6.45) is 0. The summed E-state index contributed by atoms with van der Waals surface area (Å²) in [4.78, 5) is 4.58. The number of para-hydroxylation sites is 2. The fraction of sp³-hybridized carbons (Fsp3) is 0.562. The van der Waals surface area contributed by atoms with Crippen LogP contribution in [0.25, 0.3) is 11.0 Å². The first kappa shape index (κ1) is 15.0. The van der Waals surface area contributed by atoms with Crippen LogP contribution in [0.2, 0.25) is 0 Å². The molecule has 0 unspecified atom stereocenters. The molecule has 2 rings (SSSR count). The Balaban J connectivity index is 1.80. The lowest BCUT2D eigenvalue weighted by atomic mass is 10.1. The molecule has 20 heavy (non-hydrogen) atoms. The van der Waals surface area contributed by atoms with E-state index in [1.807, 2.05) is 6.07 Å². The summed E-state index contributed by atoms with van der Waals surface area (Å²) in [5.74, 6) is 1.08. The third kappa shape index (κ3) is 4.05. The Morgan fingerprint density at radius 3 is 2.60 bits per heavy atom. The van der Waals surface area contributed by atoms with Crippen LogP contribution in [0.3, 0.4) is 0 Å². The molecule has 110 valence electrons. The zero-order valence-corrected chi connectivity index (χ0v) is 13.0. The fourth-order valence-corrected chi connectivity index (χ4v) is 2.32. The fourth-order valence-electron chi connectivity index (χ4n) is 2.32. The van der Waals surface area contributed by atoms with Crippen molar-refractivity contribution in [2.75, 3.05) is 19.6 Å². The summed E-state index contributed by atoms with van der Waals surface area (Å²) in [5.41, 5.74) is 2.50. The van der Waals surface area contributed by atoms with Gasteiger partial charge in [-0.05, 0) is 39.8 Å². The molecule has 0 aliphatic carbocycles. The van der Waals surface area contributed by atoms with Gasteiger partial charge in [0.25, 0.3) is 0 Å². The van der Waals surface area contributed by atoms with Gasteiger partial charge in [0.2, 0.25) is 0 Å². The highest BCUT2D eigenvalue weighted by Crippen LogP contribution is 2.14. The highest BCUT2D eigenvalue weighted by atomic mass is 15.1. The molecule has 0 spiro atoms. The van der Waals surface area contributed by atoms with E-state index in [-0.39, 0.29) is 5.54 Å². The first-order valence-corrected chi connectivity index (χ1v) is 7.35. The third-order valence-electron chi connectivity index (χ3n) is 3.31. The molecule has 2 aromatic rings. The minimum absolute atomic E-state index is 0.193. The lowest BCUT2D eigenvalue weighted by Gasteiger charge is -2.20. The maximum atomic E-state index is 4.58. The molecule has 2 N–H and O–H groups in total. The zero-order chi connectivity index (χ0) is 14.6. The second kappa shape index (κ2) is 6.37. The molecule has 4 heteroatoms. The van der Waals surface area contributed by atoms with E-state index in [0.717, 1.165) is 37.5 Å². The number of imidazole rings is 1. The van der Waals surface area contributed by atoms with Crippen molar-refractivity contribution in [2.45, 2.75) is 39.8 Å². The Kier molecular flexibility index (Phi) is 4.78. The predicted octanol–water partition coefficient (Wildman–Crippen LogP) is 2.32. The summed E-state index contributed by atoms with van der Waals surface area (Å²) in [7, 11) is 0. The third-order valence-corrected chi connectivity index (χ3v) is 3.31. The van der Waals surface area contributed by atoms with Crippen molar-refractivity contribution in [3.63, 3.8) is 0 Å². The minimum Gasteiger partial charge on any atom is -0.327 e. The van der Waals surface area contributed by atoms with Gasteiger partial charge in [-0.1, -0.05) is 12.1 Å². The summed E-state index contributed by atoms with van der Waals surface area (Å²) in [6, 6.07) is 8.31. The molecule has 0 aliphatic rings. The molecule has 1 aromatic carbocycles. The highest BCUT2D eigenvalue weighted by molar-refractivity contribution is 5.75. The van der Waals surface area contributed by atoms with Crippen molar-refractivity contribution in [3.8, 4) is 0 Å². The maximum absolute atomic E-state index is 4.58. The number of aromatic nitrogens is 2. The normalized spacial score (nSPS) is 12.2. The van der Waals surface area contributed by atoms with Crippen LogP contribution in [0.15, 0.2) is 24.3 Å². The number of nitrogens with one attached hydrogen (secondary N) is 2. The Labute approximate surface area is 121 Å². The second-order valence-corrected chi connectivity index (χ2v) is 6.23. The standard InChI is InChI=1S/C16H26N4/c1-13-19-14-7-5-6-8-15(14)20(13)12-11-17-9-10-18-16(2,3)4/h5-8,17-18H,9-12H2,1-4H3. The molecule has 0 bridgehead atoms. The first-order chi connectivity index (χ1) is 9.47. The molecular formula is C16H26N4. The van der Waals surface area contributed by atoms with Gasteiger partial charge in [-0.3, -0.25) is 0 Å². The number of hydrogen-bond acceptors (Lipinski definition) is 3. The van der Waals surface area contributed by atoms with Crippen LogP contribution in [0, 0.1) is 6.92 Å². The minimum atomic E-state index is 0.193. The molecule has 0 fully saturated rings. The van der Waals surface area contributed by atoms with Gasteiger partial charge < -0.3 is 15.2 Å². The van der Waals surface area contributed by atoms with Gasteiger partial charge in [-0.25, -0.2) is 4.98 Å². The number of nitrogens with zero attached hydrogens (tertiary/aromatic N) is 2. The van der Waals surface area contributed by atoms with Gasteiger partial charge in [0.1, 0.15) is 5.82 Å². The van der Waals surface area contributed by atoms with Crippen LogP contribution in [-0.2, 0) is 6.54 Å². The molecular weight excluding hydrogens is 248 g/mol. The van der Waals surface area contributed by atoms with Crippen molar-refractivity contribution >= 4 is 11.0 Å². The van der Waals surface area contributed by atoms with E-state index in [4.69, 9.17) is 0 Å². The van der Waals surface area contributed by atoms with Gasteiger partial charge in [-0.15, -0.1) is 0 Å². The number of hydrogen-bond donors (Lipinski definition) is 2. The Morgan fingerprint density at radius 2 is 1.85 bits per heavy atom. The van der Waals surface area contributed by atoms with Gasteiger partial charge in [-0.2, -0.15) is 0 Å². The van der Waals surface area contributed by atoms with E-state index in [9.17, 15) is 0 Å². The molecule has 0 aliphatic heterocycles. The number of fused-ring (bicyclic) bond motifs is 1. The van der Waals surface area contributed by atoms with Crippen molar-refractivity contribution < 1.29 is 0 Å². The van der Waals surface area contributed by atoms with Crippen LogP contribution < -0.4 is 10.6 Å². The largest absolute Gasteiger partial charge is 0.327 e. The SMILES string of the molecule is Cc1nc2ccccc2n1CCNCCNC(C)(C)C. The Morgan fingerprint density at radius 1 is 1.10 bits per heavy atom. The molecule has 0 radical (unpaired) electrons. The van der Waals surface area contributed by atoms with Gasteiger partial charge in [0.15, 0.2) is 0 Å². The van der Waals surface area contributed by atoms with Crippen molar-refractivity contribution in [1.82, 2.24) is 20.2 Å². The first-order valence-electron chi connectivity index (χ1n) is 7.35. The Bertz CT molecular complexity index is 551. The molecule has 0 amide bonds. The van der Waals surface area contributed by atoms with E-state index in [0.29, 0.717) is 0 Å². The Hall–Kier alpha value is -1.39. The number of rotatable bonds is 6. The summed E-state index contributed by atoms with van der Waals surface area (Å²) < 4.78 is 2.28. The van der Waals surface area contributed by atoms with Crippen LogP contribution in [0.5, 0.6) is 0 Å². The quantitative estimate of drug-likeness (QED) is 0.794. The average Bonchev–Trinajstić information content (AvgIpc) is 2.68. The maximum Gasteiger partial charge on any atom is 0.106 e. The smallest absolute Gasteiger partial charge is 0.106 e. The predicted molar refractivity (Wildman–Crippen MR) is 85.1 cm³/mol. The van der Waals surface area contributed by atoms with E-state index >= 15 is 0 Å².